The highest BCUT2D eigenvalue weighted by Gasteiger charge is 2.31. The normalized spacial score (nSPS) is 13.5. The van der Waals surface area contributed by atoms with Gasteiger partial charge in [-0.3, -0.25) is 0 Å². The van der Waals surface area contributed by atoms with Crippen molar-refractivity contribution >= 4 is 0 Å². The lowest BCUT2D eigenvalue weighted by Gasteiger charge is -2.21. The van der Waals surface area contributed by atoms with Gasteiger partial charge in [0.15, 0.2) is 0 Å². The van der Waals surface area contributed by atoms with Gasteiger partial charge in [0.1, 0.15) is 28.9 Å². The lowest BCUT2D eigenvalue weighted by Crippen LogP contribution is -2.17. The van der Waals surface area contributed by atoms with Crippen LogP contribution in [-0.4, -0.2) is 6.36 Å². The first-order chi connectivity index (χ1) is 15.6. The molecule has 0 saturated heterocycles. The molecular formula is C26H23F5O2. The molecule has 0 spiro atoms. The second kappa shape index (κ2) is 10.5. The maximum atomic E-state index is 15.2. The summed E-state index contributed by atoms with van der Waals surface area (Å²) in [7, 11) is 0. The minimum Gasteiger partial charge on any atom is -0.457 e. The zero-order valence-corrected chi connectivity index (χ0v) is 18.1. The van der Waals surface area contributed by atoms with Crippen LogP contribution in [0.4, 0.5) is 22.0 Å². The van der Waals surface area contributed by atoms with E-state index >= 15 is 4.39 Å². The van der Waals surface area contributed by atoms with E-state index < -0.39 is 29.7 Å². The van der Waals surface area contributed by atoms with E-state index in [2.05, 4.69) is 4.74 Å². The molecule has 0 aliphatic heterocycles. The first-order valence-corrected chi connectivity index (χ1v) is 10.3. The number of benzene rings is 3. The highest BCUT2D eigenvalue weighted by molar-refractivity contribution is 5.37. The molecule has 3 aromatic carbocycles. The molecule has 3 rings (SSSR count). The molecule has 0 heterocycles. The number of halogens is 5. The van der Waals surface area contributed by atoms with Crippen LogP contribution < -0.4 is 9.47 Å². The molecule has 0 aliphatic carbocycles. The van der Waals surface area contributed by atoms with Gasteiger partial charge in [-0.2, -0.15) is 0 Å². The van der Waals surface area contributed by atoms with Crippen LogP contribution in [-0.2, 0) is 6.42 Å². The van der Waals surface area contributed by atoms with Crippen molar-refractivity contribution in [2.24, 2.45) is 5.92 Å². The molecule has 0 saturated carbocycles. The molecule has 0 bridgehead atoms. The third-order valence-corrected chi connectivity index (χ3v) is 4.91. The monoisotopic (exact) mass is 462 g/mol. The van der Waals surface area contributed by atoms with E-state index in [4.69, 9.17) is 4.74 Å². The van der Waals surface area contributed by atoms with Gasteiger partial charge in [0.2, 0.25) is 0 Å². The Morgan fingerprint density at radius 2 is 1.42 bits per heavy atom. The predicted molar refractivity (Wildman–Crippen MR) is 117 cm³/mol. The molecule has 0 radical (unpaired) electrons. The average molecular weight is 462 g/mol. The predicted octanol–water partition coefficient (Wildman–Crippen LogP) is 8.51. The molecule has 174 valence electrons. The molecular weight excluding hydrogens is 439 g/mol. The van der Waals surface area contributed by atoms with Gasteiger partial charge in [-0.1, -0.05) is 56.3 Å². The van der Waals surface area contributed by atoms with Crippen LogP contribution in [0.25, 0.3) is 0 Å². The molecule has 7 heteroatoms. The Kier molecular flexibility index (Phi) is 7.74. The Bertz CT molecular complexity index is 1070. The van der Waals surface area contributed by atoms with Crippen molar-refractivity contribution in [2.45, 2.75) is 32.5 Å². The van der Waals surface area contributed by atoms with E-state index in [9.17, 15) is 17.6 Å². The first-order valence-electron chi connectivity index (χ1n) is 10.3. The van der Waals surface area contributed by atoms with E-state index in [0.29, 0.717) is 22.6 Å². The summed E-state index contributed by atoms with van der Waals surface area (Å²) in [5.41, 5.74) is 0.876. The van der Waals surface area contributed by atoms with E-state index in [1.165, 1.54) is 12.1 Å². The number of hydrogen-bond donors (Lipinski definition) is 0. The molecule has 1 atom stereocenters. The summed E-state index contributed by atoms with van der Waals surface area (Å²) in [5, 5.41) is 0. The van der Waals surface area contributed by atoms with Crippen molar-refractivity contribution in [1.82, 2.24) is 0 Å². The van der Waals surface area contributed by atoms with Gasteiger partial charge in [0.25, 0.3) is 0 Å². The topological polar surface area (TPSA) is 18.5 Å². The van der Waals surface area contributed by atoms with Gasteiger partial charge in [-0.15, -0.1) is 13.2 Å². The summed E-state index contributed by atoms with van der Waals surface area (Å²) < 4.78 is 76.8. The van der Waals surface area contributed by atoms with Gasteiger partial charge in [0, 0.05) is 12.3 Å². The Labute approximate surface area is 189 Å². The summed E-state index contributed by atoms with van der Waals surface area (Å²) >= 11 is 0. The molecule has 2 nitrogen and oxygen atoms in total. The van der Waals surface area contributed by atoms with Crippen LogP contribution in [0.1, 0.15) is 30.9 Å². The number of para-hydroxylation sites is 1. The number of rotatable bonds is 8. The second-order valence-electron chi connectivity index (χ2n) is 7.83. The fourth-order valence-electron chi connectivity index (χ4n) is 3.48. The Hall–Kier alpha value is -3.35. The van der Waals surface area contributed by atoms with E-state index in [1.807, 2.05) is 18.2 Å². The van der Waals surface area contributed by atoms with Gasteiger partial charge < -0.3 is 9.47 Å². The SMILES string of the molecule is CC(C)C(C(F)=C(F)Cc1cccc(Oc2ccccc2)c1)c1ccc(OC(F)(F)F)cc1. The summed E-state index contributed by atoms with van der Waals surface area (Å²) in [6.07, 6.45) is -5.11. The highest BCUT2D eigenvalue weighted by Crippen LogP contribution is 2.37. The third kappa shape index (κ3) is 7.07. The number of ether oxygens (including phenoxy) is 2. The number of hydrogen-bond acceptors (Lipinski definition) is 2. The largest absolute Gasteiger partial charge is 0.573 e. The van der Waals surface area contributed by atoms with Crippen LogP contribution in [0.5, 0.6) is 17.2 Å². The fraction of sp³-hybridized carbons (Fsp3) is 0.231. The van der Waals surface area contributed by atoms with Crippen molar-refractivity contribution in [3.05, 3.63) is 102 Å². The number of alkyl halides is 3. The minimum atomic E-state index is -4.82. The summed E-state index contributed by atoms with van der Waals surface area (Å²) in [5.74, 6) is -2.49. The Morgan fingerprint density at radius 1 is 0.788 bits per heavy atom. The highest BCUT2D eigenvalue weighted by atomic mass is 19.4. The third-order valence-electron chi connectivity index (χ3n) is 4.91. The molecule has 0 aliphatic rings. The van der Waals surface area contributed by atoms with Crippen LogP contribution in [0.2, 0.25) is 0 Å². The molecule has 0 amide bonds. The van der Waals surface area contributed by atoms with E-state index in [1.54, 1.807) is 50.2 Å². The van der Waals surface area contributed by atoms with Crippen molar-refractivity contribution in [1.29, 1.82) is 0 Å². The number of allylic oxidation sites excluding steroid dienone is 2. The standard InChI is InChI=1S/C26H23F5O2/c1-17(2)24(19-11-13-21(14-12-19)33-26(29,30)31)25(28)23(27)16-18-7-6-10-22(15-18)32-20-8-4-3-5-9-20/h3-15,17,24H,16H2,1-2H3. The second-order valence-corrected chi connectivity index (χ2v) is 7.83. The maximum absolute atomic E-state index is 15.2. The molecule has 1 unspecified atom stereocenters. The van der Waals surface area contributed by atoms with Crippen LogP contribution in [0.3, 0.4) is 0 Å². The molecule has 0 fully saturated rings. The molecule has 3 aromatic rings. The van der Waals surface area contributed by atoms with Crippen molar-refractivity contribution in [2.75, 3.05) is 0 Å². The summed E-state index contributed by atoms with van der Waals surface area (Å²) in [4.78, 5) is 0. The van der Waals surface area contributed by atoms with Crippen molar-refractivity contribution in [3.8, 4) is 17.2 Å². The smallest absolute Gasteiger partial charge is 0.457 e. The molecule has 0 N–H and O–H groups in total. The van der Waals surface area contributed by atoms with Crippen LogP contribution >= 0.6 is 0 Å². The van der Waals surface area contributed by atoms with Crippen LogP contribution in [0, 0.1) is 5.92 Å². The van der Waals surface area contributed by atoms with E-state index in [-0.39, 0.29) is 12.3 Å². The fourth-order valence-corrected chi connectivity index (χ4v) is 3.48. The van der Waals surface area contributed by atoms with Gasteiger partial charge in [-0.25, -0.2) is 8.78 Å². The van der Waals surface area contributed by atoms with Crippen molar-refractivity contribution < 1.29 is 31.4 Å². The van der Waals surface area contributed by atoms with Crippen molar-refractivity contribution in [3.63, 3.8) is 0 Å². The van der Waals surface area contributed by atoms with E-state index in [0.717, 1.165) is 12.1 Å². The Balaban J connectivity index is 1.79. The molecule has 33 heavy (non-hydrogen) atoms. The lowest BCUT2D eigenvalue weighted by molar-refractivity contribution is -0.274. The maximum Gasteiger partial charge on any atom is 0.573 e. The van der Waals surface area contributed by atoms with Gasteiger partial charge in [-0.05, 0) is 53.4 Å². The van der Waals surface area contributed by atoms with Gasteiger partial charge >= 0.3 is 6.36 Å². The zero-order valence-electron chi connectivity index (χ0n) is 18.1. The first kappa shape index (κ1) is 24.3. The zero-order chi connectivity index (χ0) is 24.0. The average Bonchev–Trinajstić information content (AvgIpc) is 2.75. The molecule has 0 aromatic heterocycles. The lowest BCUT2D eigenvalue weighted by atomic mass is 9.86. The quantitative estimate of drug-likeness (QED) is 0.313. The summed E-state index contributed by atoms with van der Waals surface area (Å²) in [6, 6.07) is 20.6. The minimum absolute atomic E-state index is 0.281. The van der Waals surface area contributed by atoms with Crippen LogP contribution in [0.15, 0.2) is 90.5 Å². The Morgan fingerprint density at radius 3 is 2.03 bits per heavy atom. The van der Waals surface area contributed by atoms with Gasteiger partial charge in [0.05, 0.1) is 0 Å². The summed E-state index contributed by atoms with van der Waals surface area (Å²) in [6.45, 7) is 3.43.